The maximum atomic E-state index is 5.32. The van der Waals surface area contributed by atoms with Gasteiger partial charge < -0.3 is 4.74 Å². The molecule has 1 aliphatic rings. The van der Waals surface area contributed by atoms with Crippen molar-refractivity contribution in [1.29, 1.82) is 0 Å². The number of hydrogen-bond donors (Lipinski definition) is 0. The minimum absolute atomic E-state index is 0.862. The molecule has 0 unspecified atom stereocenters. The fraction of sp³-hybridized carbons (Fsp3) is 0.583. The Hall–Kier alpha value is -0.930. The average Bonchev–Trinajstić information content (AvgIpc) is 2.31. The van der Waals surface area contributed by atoms with Crippen molar-refractivity contribution in [2.45, 2.75) is 19.9 Å². The SMILES string of the molecule is CCc1ccc(CN2CCOCC2)cn1. The second-order valence-electron chi connectivity index (χ2n) is 3.90. The molecule has 82 valence electrons. The first-order valence-corrected chi connectivity index (χ1v) is 5.62. The van der Waals surface area contributed by atoms with Gasteiger partial charge in [0.05, 0.1) is 13.2 Å². The highest BCUT2D eigenvalue weighted by molar-refractivity contribution is 5.14. The predicted octanol–water partition coefficient (Wildman–Crippen LogP) is 1.48. The third-order valence-electron chi connectivity index (χ3n) is 2.76. The van der Waals surface area contributed by atoms with E-state index < -0.39 is 0 Å². The van der Waals surface area contributed by atoms with Crippen molar-refractivity contribution in [3.8, 4) is 0 Å². The second-order valence-corrected chi connectivity index (χ2v) is 3.90. The molecule has 0 N–H and O–H groups in total. The zero-order valence-corrected chi connectivity index (χ0v) is 9.28. The Morgan fingerprint density at radius 1 is 1.33 bits per heavy atom. The summed E-state index contributed by atoms with van der Waals surface area (Å²) in [6.45, 7) is 6.93. The fourth-order valence-corrected chi connectivity index (χ4v) is 1.78. The number of morpholine rings is 1. The summed E-state index contributed by atoms with van der Waals surface area (Å²) in [5.74, 6) is 0. The molecule has 0 aromatic carbocycles. The molecule has 1 aromatic heterocycles. The van der Waals surface area contributed by atoms with Crippen LogP contribution in [0.25, 0.3) is 0 Å². The smallest absolute Gasteiger partial charge is 0.0594 e. The van der Waals surface area contributed by atoms with Crippen LogP contribution < -0.4 is 0 Å². The molecule has 15 heavy (non-hydrogen) atoms. The minimum atomic E-state index is 0.862. The second kappa shape index (κ2) is 5.24. The van der Waals surface area contributed by atoms with E-state index in [1.807, 2.05) is 6.20 Å². The first kappa shape index (κ1) is 10.6. The highest BCUT2D eigenvalue weighted by atomic mass is 16.5. The van der Waals surface area contributed by atoms with Gasteiger partial charge >= 0.3 is 0 Å². The number of rotatable bonds is 3. The molecule has 0 spiro atoms. The van der Waals surface area contributed by atoms with Crippen molar-refractivity contribution in [1.82, 2.24) is 9.88 Å². The third kappa shape index (κ3) is 3.01. The van der Waals surface area contributed by atoms with Crippen molar-refractivity contribution in [3.63, 3.8) is 0 Å². The summed E-state index contributed by atoms with van der Waals surface area (Å²) >= 11 is 0. The van der Waals surface area contributed by atoms with Gasteiger partial charge in [-0.05, 0) is 18.1 Å². The van der Waals surface area contributed by atoms with Gasteiger partial charge in [-0.2, -0.15) is 0 Å². The Labute approximate surface area is 91.1 Å². The lowest BCUT2D eigenvalue weighted by Gasteiger charge is -2.26. The summed E-state index contributed by atoms with van der Waals surface area (Å²) in [6, 6.07) is 4.30. The van der Waals surface area contributed by atoms with E-state index in [1.54, 1.807) is 0 Å². The monoisotopic (exact) mass is 206 g/mol. The van der Waals surface area contributed by atoms with Crippen molar-refractivity contribution >= 4 is 0 Å². The number of nitrogens with zero attached hydrogens (tertiary/aromatic N) is 2. The molecule has 0 bridgehead atoms. The lowest BCUT2D eigenvalue weighted by molar-refractivity contribution is 0.0341. The van der Waals surface area contributed by atoms with E-state index in [2.05, 4.69) is 28.9 Å². The number of hydrogen-bond acceptors (Lipinski definition) is 3. The molecule has 0 saturated carbocycles. The van der Waals surface area contributed by atoms with Crippen molar-refractivity contribution < 1.29 is 4.74 Å². The average molecular weight is 206 g/mol. The Balaban J connectivity index is 1.91. The van der Waals surface area contributed by atoms with Gasteiger partial charge in [0, 0.05) is 31.5 Å². The van der Waals surface area contributed by atoms with Crippen molar-refractivity contribution in [3.05, 3.63) is 29.6 Å². The zero-order chi connectivity index (χ0) is 10.5. The number of aryl methyl sites for hydroxylation is 1. The topological polar surface area (TPSA) is 25.4 Å². The Kier molecular flexibility index (Phi) is 3.69. The molecule has 1 fully saturated rings. The van der Waals surface area contributed by atoms with Gasteiger partial charge in [-0.3, -0.25) is 9.88 Å². The van der Waals surface area contributed by atoms with Crippen LogP contribution >= 0.6 is 0 Å². The lowest BCUT2D eigenvalue weighted by atomic mass is 10.2. The molecule has 0 radical (unpaired) electrons. The molecule has 1 aliphatic heterocycles. The number of aromatic nitrogens is 1. The summed E-state index contributed by atoms with van der Waals surface area (Å²) in [7, 11) is 0. The van der Waals surface area contributed by atoms with E-state index in [4.69, 9.17) is 4.74 Å². The first-order valence-electron chi connectivity index (χ1n) is 5.62. The molecule has 0 amide bonds. The van der Waals surface area contributed by atoms with E-state index in [9.17, 15) is 0 Å². The molecule has 0 aliphatic carbocycles. The van der Waals surface area contributed by atoms with E-state index in [1.165, 1.54) is 11.3 Å². The van der Waals surface area contributed by atoms with Crippen LogP contribution in [0.2, 0.25) is 0 Å². The zero-order valence-electron chi connectivity index (χ0n) is 9.28. The summed E-state index contributed by atoms with van der Waals surface area (Å²) in [5, 5.41) is 0. The maximum Gasteiger partial charge on any atom is 0.0594 e. The maximum absolute atomic E-state index is 5.32. The van der Waals surface area contributed by atoms with Crippen LogP contribution in [0.5, 0.6) is 0 Å². The van der Waals surface area contributed by atoms with Crippen LogP contribution in [0.1, 0.15) is 18.2 Å². The van der Waals surface area contributed by atoms with Gasteiger partial charge in [0.15, 0.2) is 0 Å². The Bertz CT molecular complexity index is 291. The van der Waals surface area contributed by atoms with E-state index in [0.717, 1.165) is 39.3 Å². The van der Waals surface area contributed by atoms with Crippen LogP contribution in [-0.2, 0) is 17.7 Å². The van der Waals surface area contributed by atoms with Gasteiger partial charge in [0.25, 0.3) is 0 Å². The molecule has 2 rings (SSSR count). The Morgan fingerprint density at radius 2 is 2.13 bits per heavy atom. The van der Waals surface area contributed by atoms with Gasteiger partial charge in [-0.25, -0.2) is 0 Å². The normalized spacial score (nSPS) is 17.9. The molecule has 3 nitrogen and oxygen atoms in total. The van der Waals surface area contributed by atoms with Gasteiger partial charge in [0.1, 0.15) is 0 Å². The number of ether oxygens (including phenoxy) is 1. The quantitative estimate of drug-likeness (QED) is 0.749. The summed E-state index contributed by atoms with van der Waals surface area (Å²) in [6.07, 6.45) is 3.01. The van der Waals surface area contributed by atoms with Gasteiger partial charge in [-0.15, -0.1) is 0 Å². The standard InChI is InChI=1S/C12H18N2O/c1-2-12-4-3-11(9-13-12)10-14-5-7-15-8-6-14/h3-4,9H,2,5-8,10H2,1H3. The van der Waals surface area contributed by atoms with Crippen LogP contribution in [0.3, 0.4) is 0 Å². The Morgan fingerprint density at radius 3 is 2.73 bits per heavy atom. The van der Waals surface area contributed by atoms with E-state index in [-0.39, 0.29) is 0 Å². The molecular weight excluding hydrogens is 188 g/mol. The largest absolute Gasteiger partial charge is 0.379 e. The summed E-state index contributed by atoms with van der Waals surface area (Å²) in [4.78, 5) is 6.81. The van der Waals surface area contributed by atoms with Crippen molar-refractivity contribution in [2.75, 3.05) is 26.3 Å². The van der Waals surface area contributed by atoms with Crippen LogP contribution in [0.15, 0.2) is 18.3 Å². The minimum Gasteiger partial charge on any atom is -0.379 e. The van der Waals surface area contributed by atoms with Gasteiger partial charge in [0.2, 0.25) is 0 Å². The van der Waals surface area contributed by atoms with E-state index >= 15 is 0 Å². The van der Waals surface area contributed by atoms with Crippen LogP contribution in [-0.4, -0.2) is 36.2 Å². The molecule has 0 atom stereocenters. The van der Waals surface area contributed by atoms with Crippen LogP contribution in [0.4, 0.5) is 0 Å². The molecule has 2 heterocycles. The number of pyridine rings is 1. The lowest BCUT2D eigenvalue weighted by Crippen LogP contribution is -2.35. The molecule has 3 heteroatoms. The summed E-state index contributed by atoms with van der Waals surface area (Å²) in [5.41, 5.74) is 2.47. The van der Waals surface area contributed by atoms with Crippen molar-refractivity contribution in [2.24, 2.45) is 0 Å². The van der Waals surface area contributed by atoms with E-state index in [0.29, 0.717) is 0 Å². The molecule has 1 aromatic rings. The predicted molar refractivity (Wildman–Crippen MR) is 59.7 cm³/mol. The highest BCUT2D eigenvalue weighted by Gasteiger charge is 2.10. The summed E-state index contributed by atoms with van der Waals surface area (Å²) < 4.78 is 5.32. The first-order chi connectivity index (χ1) is 7.38. The fourth-order valence-electron chi connectivity index (χ4n) is 1.78. The highest BCUT2D eigenvalue weighted by Crippen LogP contribution is 2.07. The third-order valence-corrected chi connectivity index (χ3v) is 2.76. The van der Waals surface area contributed by atoms with Gasteiger partial charge in [-0.1, -0.05) is 13.0 Å². The molecule has 1 saturated heterocycles. The molecular formula is C12H18N2O. The van der Waals surface area contributed by atoms with Crippen LogP contribution in [0, 0.1) is 0 Å².